The number of carboxylic acid groups (broad SMARTS) is 1. The highest BCUT2D eigenvalue weighted by atomic mass is 16.5. The molecular formula is C14H19NO4. The molecule has 104 valence electrons. The monoisotopic (exact) mass is 265 g/mol. The van der Waals surface area contributed by atoms with Crippen LogP contribution < -0.4 is 10.1 Å². The zero-order chi connectivity index (χ0) is 14.1. The molecule has 2 N–H and O–H groups in total. The topological polar surface area (TPSA) is 75.6 Å². The summed E-state index contributed by atoms with van der Waals surface area (Å²) in [6.45, 7) is 2.37. The van der Waals surface area contributed by atoms with Gasteiger partial charge in [-0.2, -0.15) is 0 Å². The van der Waals surface area contributed by atoms with E-state index in [1.807, 2.05) is 31.2 Å². The summed E-state index contributed by atoms with van der Waals surface area (Å²) in [4.78, 5) is 21.7. The van der Waals surface area contributed by atoms with Gasteiger partial charge in [0.1, 0.15) is 12.3 Å². The maximum Gasteiger partial charge on any atom is 0.322 e. The third kappa shape index (κ3) is 6.45. The fourth-order valence-corrected chi connectivity index (χ4v) is 1.53. The van der Waals surface area contributed by atoms with Gasteiger partial charge in [0.15, 0.2) is 0 Å². The van der Waals surface area contributed by atoms with Crippen LogP contribution in [0.15, 0.2) is 24.3 Å². The summed E-state index contributed by atoms with van der Waals surface area (Å²) < 4.78 is 5.50. The quantitative estimate of drug-likeness (QED) is 0.748. The van der Waals surface area contributed by atoms with E-state index in [0.717, 1.165) is 17.7 Å². The normalized spacial score (nSPS) is 9.95. The molecule has 0 heterocycles. The number of rotatable bonds is 8. The Morgan fingerprint density at radius 1 is 1.37 bits per heavy atom. The van der Waals surface area contributed by atoms with Crippen LogP contribution in [0.3, 0.4) is 0 Å². The highest BCUT2D eigenvalue weighted by Crippen LogP contribution is 2.14. The molecule has 1 aromatic rings. The van der Waals surface area contributed by atoms with Gasteiger partial charge in [0.05, 0.1) is 6.61 Å². The molecule has 0 saturated carbocycles. The summed E-state index contributed by atoms with van der Waals surface area (Å²) in [5.41, 5.74) is 0.999. The van der Waals surface area contributed by atoms with E-state index in [0.29, 0.717) is 13.0 Å². The van der Waals surface area contributed by atoms with E-state index in [-0.39, 0.29) is 18.9 Å². The first kappa shape index (κ1) is 15.0. The third-order valence-electron chi connectivity index (χ3n) is 2.45. The molecule has 0 fully saturated rings. The average Bonchev–Trinajstić information content (AvgIpc) is 2.41. The number of nitrogens with one attached hydrogen (secondary N) is 1. The van der Waals surface area contributed by atoms with Crippen LogP contribution in [0.25, 0.3) is 0 Å². The maximum absolute atomic E-state index is 11.4. The highest BCUT2D eigenvalue weighted by molar-refractivity contribution is 5.81. The number of carbonyl (C=O) groups is 2. The standard InChI is InChI=1S/C14H19NO4/c1-2-8-19-12-5-3-4-11(9-12)6-7-13(16)15-10-14(17)18/h3-5,9H,2,6-8,10H2,1H3,(H,15,16)(H,17,18). The average molecular weight is 265 g/mol. The van der Waals surface area contributed by atoms with Crippen molar-refractivity contribution in [3.63, 3.8) is 0 Å². The lowest BCUT2D eigenvalue weighted by atomic mass is 10.1. The van der Waals surface area contributed by atoms with Gasteiger partial charge in [-0.3, -0.25) is 9.59 Å². The Kier molecular flexibility index (Phi) is 6.43. The largest absolute Gasteiger partial charge is 0.494 e. The number of amides is 1. The number of carboxylic acids is 1. The van der Waals surface area contributed by atoms with E-state index >= 15 is 0 Å². The van der Waals surface area contributed by atoms with Crippen molar-refractivity contribution in [1.82, 2.24) is 5.32 Å². The van der Waals surface area contributed by atoms with Gasteiger partial charge in [-0.15, -0.1) is 0 Å². The Morgan fingerprint density at radius 2 is 2.16 bits per heavy atom. The van der Waals surface area contributed by atoms with Crippen LogP contribution >= 0.6 is 0 Å². The molecule has 0 aliphatic rings. The van der Waals surface area contributed by atoms with Crippen molar-refractivity contribution >= 4 is 11.9 Å². The molecule has 1 amide bonds. The molecule has 1 rings (SSSR count). The van der Waals surface area contributed by atoms with Gasteiger partial charge >= 0.3 is 5.97 Å². The number of ether oxygens (including phenoxy) is 1. The van der Waals surface area contributed by atoms with E-state index < -0.39 is 5.97 Å². The second kappa shape index (κ2) is 8.13. The van der Waals surface area contributed by atoms with Gasteiger partial charge in [-0.25, -0.2) is 0 Å². The third-order valence-corrected chi connectivity index (χ3v) is 2.45. The molecular weight excluding hydrogens is 246 g/mol. The minimum absolute atomic E-state index is 0.262. The van der Waals surface area contributed by atoms with Crippen LogP contribution in [-0.2, 0) is 16.0 Å². The molecule has 5 heteroatoms. The fraction of sp³-hybridized carbons (Fsp3) is 0.429. The van der Waals surface area contributed by atoms with Crippen molar-refractivity contribution in [3.05, 3.63) is 29.8 Å². The van der Waals surface area contributed by atoms with E-state index in [9.17, 15) is 9.59 Å². The maximum atomic E-state index is 11.4. The van der Waals surface area contributed by atoms with Crippen LogP contribution in [-0.4, -0.2) is 30.1 Å². The Morgan fingerprint density at radius 3 is 2.84 bits per heavy atom. The van der Waals surface area contributed by atoms with Crippen molar-refractivity contribution in [1.29, 1.82) is 0 Å². The van der Waals surface area contributed by atoms with Gasteiger partial charge in [-0.05, 0) is 30.5 Å². The predicted octanol–water partition coefficient (Wildman–Crippen LogP) is 1.61. The van der Waals surface area contributed by atoms with Gasteiger partial charge in [0.25, 0.3) is 0 Å². The van der Waals surface area contributed by atoms with E-state index in [4.69, 9.17) is 9.84 Å². The zero-order valence-corrected chi connectivity index (χ0v) is 11.0. The Bertz CT molecular complexity index is 431. The summed E-state index contributed by atoms with van der Waals surface area (Å²) in [6.07, 6.45) is 1.78. The van der Waals surface area contributed by atoms with E-state index in [1.165, 1.54) is 0 Å². The first-order valence-corrected chi connectivity index (χ1v) is 6.32. The van der Waals surface area contributed by atoms with Crippen LogP contribution in [0, 0.1) is 0 Å². The highest BCUT2D eigenvalue weighted by Gasteiger charge is 2.05. The molecule has 0 aromatic heterocycles. The predicted molar refractivity (Wildman–Crippen MR) is 71.2 cm³/mol. The number of hydrogen-bond donors (Lipinski definition) is 2. The summed E-state index contributed by atoms with van der Waals surface area (Å²) in [6, 6.07) is 7.59. The fourth-order valence-electron chi connectivity index (χ4n) is 1.53. The Balaban J connectivity index is 2.39. The van der Waals surface area contributed by atoms with E-state index in [2.05, 4.69) is 5.32 Å². The molecule has 1 aromatic carbocycles. The summed E-state index contributed by atoms with van der Waals surface area (Å²) in [5, 5.41) is 10.8. The molecule has 0 spiro atoms. The smallest absolute Gasteiger partial charge is 0.322 e. The molecule has 0 bridgehead atoms. The molecule has 0 saturated heterocycles. The second-order valence-corrected chi connectivity index (χ2v) is 4.17. The van der Waals surface area contributed by atoms with Crippen molar-refractivity contribution < 1.29 is 19.4 Å². The number of aryl methyl sites for hydroxylation is 1. The first-order chi connectivity index (χ1) is 9.11. The minimum Gasteiger partial charge on any atom is -0.494 e. The Hall–Kier alpha value is -2.04. The molecule has 0 aliphatic carbocycles. The van der Waals surface area contributed by atoms with Gasteiger partial charge < -0.3 is 15.2 Å². The summed E-state index contributed by atoms with van der Waals surface area (Å²) in [5.74, 6) is -0.504. The number of aliphatic carboxylic acids is 1. The lowest BCUT2D eigenvalue weighted by Gasteiger charge is -2.07. The van der Waals surface area contributed by atoms with Crippen molar-refractivity contribution in [3.8, 4) is 5.75 Å². The minimum atomic E-state index is -1.04. The van der Waals surface area contributed by atoms with Crippen LogP contribution in [0.4, 0.5) is 0 Å². The van der Waals surface area contributed by atoms with Crippen LogP contribution in [0.5, 0.6) is 5.75 Å². The van der Waals surface area contributed by atoms with E-state index in [1.54, 1.807) is 0 Å². The van der Waals surface area contributed by atoms with Gasteiger partial charge in [0, 0.05) is 6.42 Å². The zero-order valence-electron chi connectivity index (χ0n) is 11.0. The van der Waals surface area contributed by atoms with Crippen molar-refractivity contribution in [2.45, 2.75) is 26.2 Å². The SMILES string of the molecule is CCCOc1cccc(CCC(=O)NCC(=O)O)c1. The summed E-state index contributed by atoms with van der Waals surface area (Å²) >= 11 is 0. The molecule has 0 unspecified atom stereocenters. The van der Waals surface area contributed by atoms with Gasteiger partial charge in [-0.1, -0.05) is 19.1 Å². The lowest BCUT2D eigenvalue weighted by Crippen LogP contribution is -2.29. The molecule has 19 heavy (non-hydrogen) atoms. The Labute approximate surface area is 112 Å². The molecule has 0 radical (unpaired) electrons. The molecule has 0 aliphatic heterocycles. The lowest BCUT2D eigenvalue weighted by molar-refractivity contribution is -0.137. The first-order valence-electron chi connectivity index (χ1n) is 6.32. The van der Waals surface area contributed by atoms with Crippen LogP contribution in [0.2, 0.25) is 0 Å². The van der Waals surface area contributed by atoms with Crippen molar-refractivity contribution in [2.24, 2.45) is 0 Å². The number of carbonyl (C=O) groups excluding carboxylic acids is 1. The van der Waals surface area contributed by atoms with Gasteiger partial charge in [0.2, 0.25) is 5.91 Å². The number of benzene rings is 1. The van der Waals surface area contributed by atoms with Crippen molar-refractivity contribution in [2.75, 3.05) is 13.2 Å². The molecule has 5 nitrogen and oxygen atoms in total. The van der Waals surface area contributed by atoms with Crippen LogP contribution in [0.1, 0.15) is 25.3 Å². The number of hydrogen-bond acceptors (Lipinski definition) is 3. The molecule has 0 atom stereocenters. The second-order valence-electron chi connectivity index (χ2n) is 4.17. The summed E-state index contributed by atoms with van der Waals surface area (Å²) in [7, 11) is 0.